The average Bonchev–Trinajstić information content (AvgIpc) is 3.47. The van der Waals surface area contributed by atoms with E-state index < -0.39 is 0 Å². The number of fused-ring (bicyclic) bond motifs is 1. The Morgan fingerprint density at radius 1 is 1.03 bits per heavy atom. The summed E-state index contributed by atoms with van der Waals surface area (Å²) < 4.78 is 16.2. The number of anilines is 2. The zero-order chi connectivity index (χ0) is 22.5. The Bertz CT molecular complexity index is 1030. The van der Waals surface area contributed by atoms with E-state index >= 15 is 0 Å². The summed E-state index contributed by atoms with van der Waals surface area (Å²) in [5.41, 5.74) is 1.64. The van der Waals surface area contributed by atoms with Gasteiger partial charge in [0, 0.05) is 30.5 Å². The summed E-state index contributed by atoms with van der Waals surface area (Å²) in [4.78, 5) is 37.2. The van der Waals surface area contributed by atoms with Crippen molar-refractivity contribution in [3.05, 3.63) is 47.5 Å². The Morgan fingerprint density at radius 3 is 2.56 bits per heavy atom. The van der Waals surface area contributed by atoms with Crippen LogP contribution in [-0.2, 0) is 9.53 Å². The van der Waals surface area contributed by atoms with Crippen LogP contribution in [0.25, 0.3) is 0 Å². The molecule has 2 aliphatic rings. The lowest BCUT2D eigenvalue weighted by Gasteiger charge is -2.15. The molecule has 2 amide bonds. The van der Waals surface area contributed by atoms with Crippen molar-refractivity contribution in [1.29, 1.82) is 0 Å². The van der Waals surface area contributed by atoms with Gasteiger partial charge in [-0.1, -0.05) is 12.1 Å². The van der Waals surface area contributed by atoms with E-state index in [-0.39, 0.29) is 37.0 Å². The van der Waals surface area contributed by atoms with E-state index in [2.05, 4.69) is 16.0 Å². The molecule has 2 aliphatic heterocycles. The van der Waals surface area contributed by atoms with E-state index in [9.17, 15) is 14.4 Å². The molecule has 1 saturated heterocycles. The van der Waals surface area contributed by atoms with Crippen molar-refractivity contribution in [3.63, 3.8) is 0 Å². The molecule has 0 aliphatic carbocycles. The first-order valence-corrected chi connectivity index (χ1v) is 10.5. The van der Waals surface area contributed by atoms with Crippen LogP contribution >= 0.6 is 0 Å². The number of ether oxygens (including phenoxy) is 3. The topological polar surface area (TPSA) is 115 Å². The normalized spacial score (nSPS) is 16.5. The Morgan fingerprint density at radius 2 is 1.81 bits per heavy atom. The fraction of sp³-hybridized carbons (Fsp3) is 0.348. The van der Waals surface area contributed by atoms with Crippen molar-refractivity contribution < 1.29 is 28.6 Å². The highest BCUT2D eigenvalue weighted by molar-refractivity contribution is 6.06. The molecule has 0 unspecified atom stereocenters. The molecule has 0 spiro atoms. The van der Waals surface area contributed by atoms with Crippen molar-refractivity contribution in [2.45, 2.75) is 25.9 Å². The number of hydrogen-bond acceptors (Lipinski definition) is 7. The van der Waals surface area contributed by atoms with Gasteiger partial charge in [0.1, 0.15) is 0 Å². The van der Waals surface area contributed by atoms with Crippen LogP contribution in [0.2, 0.25) is 0 Å². The monoisotopic (exact) mass is 439 g/mol. The van der Waals surface area contributed by atoms with Crippen molar-refractivity contribution in [1.82, 2.24) is 5.32 Å². The lowest BCUT2D eigenvalue weighted by Crippen LogP contribution is -2.32. The van der Waals surface area contributed by atoms with Gasteiger partial charge in [0.05, 0.1) is 23.9 Å². The molecule has 32 heavy (non-hydrogen) atoms. The minimum atomic E-state index is -0.374. The molecule has 4 rings (SSSR count). The number of hydrogen-bond donors (Lipinski definition) is 3. The van der Waals surface area contributed by atoms with Gasteiger partial charge in [-0.15, -0.1) is 0 Å². The molecular formula is C23H25N3O6. The molecule has 0 radical (unpaired) electrons. The Labute approximate surface area is 185 Å². The van der Waals surface area contributed by atoms with Gasteiger partial charge in [0.25, 0.3) is 5.91 Å². The molecule has 2 aromatic carbocycles. The second kappa shape index (κ2) is 9.69. The maximum atomic E-state index is 12.6. The summed E-state index contributed by atoms with van der Waals surface area (Å²) in [6.07, 6.45) is 1.98. The second-order valence-corrected chi connectivity index (χ2v) is 7.60. The number of ketones is 1. The van der Waals surface area contributed by atoms with E-state index in [0.29, 0.717) is 40.5 Å². The minimum absolute atomic E-state index is 0.0435. The largest absolute Gasteiger partial charge is 0.454 e. The van der Waals surface area contributed by atoms with Crippen LogP contribution < -0.4 is 25.4 Å². The molecule has 2 aromatic rings. The summed E-state index contributed by atoms with van der Waals surface area (Å²) in [7, 11) is 0. The highest BCUT2D eigenvalue weighted by atomic mass is 16.7. The number of carbonyl (C=O) groups excluding carboxylic acids is 3. The van der Waals surface area contributed by atoms with Gasteiger partial charge in [0.2, 0.25) is 12.7 Å². The number of Topliss-reactive ketones (excluding diaryl/α,β-unsaturated/α-hetero) is 1. The first-order chi connectivity index (χ1) is 15.5. The van der Waals surface area contributed by atoms with E-state index in [1.807, 2.05) is 0 Å². The Kier molecular flexibility index (Phi) is 6.55. The summed E-state index contributed by atoms with van der Waals surface area (Å²) in [5, 5.41) is 8.61. The zero-order valence-electron chi connectivity index (χ0n) is 17.7. The maximum Gasteiger partial charge on any atom is 0.253 e. The van der Waals surface area contributed by atoms with Gasteiger partial charge in [-0.2, -0.15) is 0 Å². The molecule has 0 bridgehead atoms. The number of carbonyl (C=O) groups is 3. The van der Waals surface area contributed by atoms with Crippen LogP contribution in [0.1, 0.15) is 40.5 Å². The van der Waals surface area contributed by atoms with Crippen LogP contribution in [0.5, 0.6) is 11.5 Å². The first-order valence-electron chi connectivity index (χ1n) is 10.5. The van der Waals surface area contributed by atoms with Crippen LogP contribution in [0.4, 0.5) is 11.4 Å². The van der Waals surface area contributed by atoms with Gasteiger partial charge < -0.3 is 30.2 Å². The van der Waals surface area contributed by atoms with Gasteiger partial charge in [0.15, 0.2) is 17.3 Å². The Hall–Kier alpha value is -3.59. The number of para-hydroxylation sites is 1. The molecule has 0 aromatic heterocycles. The van der Waals surface area contributed by atoms with Gasteiger partial charge >= 0.3 is 0 Å². The number of benzene rings is 2. The average molecular weight is 439 g/mol. The molecule has 3 N–H and O–H groups in total. The molecule has 2 heterocycles. The fourth-order valence-electron chi connectivity index (χ4n) is 3.65. The summed E-state index contributed by atoms with van der Waals surface area (Å²) in [5.74, 6) is 0.111. The molecular weight excluding hydrogens is 414 g/mol. The summed E-state index contributed by atoms with van der Waals surface area (Å²) >= 11 is 0. The summed E-state index contributed by atoms with van der Waals surface area (Å²) in [6.45, 7) is 2.56. The standard InChI is InChI=1S/C23H25N3O6/c1-14(27)17-9-20-21(32-13-31-20)10-19(17)26-22(28)12-24-18-7-3-2-6-16(18)23(29)25-11-15-5-4-8-30-15/h2-3,6-7,9-10,15,24H,4-5,8,11-13H2,1H3,(H,25,29)(H,26,28)/t15-/m1/s1. The van der Waals surface area contributed by atoms with Crippen LogP contribution in [-0.4, -0.2) is 50.2 Å². The highest BCUT2D eigenvalue weighted by Crippen LogP contribution is 2.37. The predicted molar refractivity (Wildman–Crippen MR) is 117 cm³/mol. The van der Waals surface area contributed by atoms with E-state index in [1.165, 1.54) is 6.92 Å². The highest BCUT2D eigenvalue weighted by Gasteiger charge is 2.21. The molecule has 9 nitrogen and oxygen atoms in total. The maximum absolute atomic E-state index is 12.6. The van der Waals surface area contributed by atoms with E-state index in [1.54, 1.807) is 36.4 Å². The predicted octanol–water partition coefficient (Wildman–Crippen LogP) is 2.58. The smallest absolute Gasteiger partial charge is 0.253 e. The van der Waals surface area contributed by atoms with Crippen LogP contribution in [0, 0.1) is 0 Å². The molecule has 9 heteroatoms. The van der Waals surface area contributed by atoms with Crippen molar-refractivity contribution >= 4 is 29.0 Å². The lowest BCUT2D eigenvalue weighted by atomic mass is 10.1. The zero-order valence-corrected chi connectivity index (χ0v) is 17.7. The fourth-order valence-corrected chi connectivity index (χ4v) is 3.65. The third-order valence-corrected chi connectivity index (χ3v) is 5.29. The summed E-state index contributed by atoms with van der Waals surface area (Å²) in [6, 6.07) is 10.1. The second-order valence-electron chi connectivity index (χ2n) is 7.60. The first kappa shape index (κ1) is 21.6. The lowest BCUT2D eigenvalue weighted by molar-refractivity contribution is -0.114. The van der Waals surface area contributed by atoms with Gasteiger partial charge in [-0.25, -0.2) is 0 Å². The van der Waals surface area contributed by atoms with E-state index in [0.717, 1.165) is 19.4 Å². The third-order valence-electron chi connectivity index (χ3n) is 5.29. The van der Waals surface area contributed by atoms with Crippen LogP contribution in [0.3, 0.4) is 0 Å². The SMILES string of the molecule is CC(=O)c1cc2c(cc1NC(=O)CNc1ccccc1C(=O)NC[C@H]1CCCO1)OCO2. The van der Waals surface area contributed by atoms with Crippen LogP contribution in [0.15, 0.2) is 36.4 Å². The Balaban J connectivity index is 1.38. The third kappa shape index (κ3) is 5.00. The number of nitrogens with one attached hydrogen (secondary N) is 3. The van der Waals surface area contributed by atoms with Gasteiger partial charge in [-0.05, 0) is 38.0 Å². The quantitative estimate of drug-likeness (QED) is 0.542. The van der Waals surface area contributed by atoms with Gasteiger partial charge in [-0.3, -0.25) is 14.4 Å². The molecule has 1 atom stereocenters. The number of rotatable bonds is 8. The van der Waals surface area contributed by atoms with Crippen molar-refractivity contribution in [2.24, 2.45) is 0 Å². The number of amides is 2. The molecule has 0 saturated carbocycles. The van der Waals surface area contributed by atoms with Crippen molar-refractivity contribution in [3.8, 4) is 11.5 Å². The molecule has 168 valence electrons. The molecule has 1 fully saturated rings. The van der Waals surface area contributed by atoms with E-state index in [4.69, 9.17) is 14.2 Å². The minimum Gasteiger partial charge on any atom is -0.454 e. The van der Waals surface area contributed by atoms with Crippen molar-refractivity contribution in [2.75, 3.05) is 37.1 Å².